The normalized spacial score (nSPS) is 12.2. The first-order valence-electron chi connectivity index (χ1n) is 7.11. The molecule has 2 aromatic carbocycles. The number of methoxy groups -OCH3 is 1. The lowest BCUT2D eigenvalue weighted by Crippen LogP contribution is -2.33. The van der Waals surface area contributed by atoms with E-state index in [9.17, 15) is 4.79 Å². The van der Waals surface area contributed by atoms with Crippen molar-refractivity contribution < 1.29 is 9.53 Å². The molecule has 2 rings (SSSR count). The minimum absolute atomic E-state index is 0.0467. The van der Waals surface area contributed by atoms with Gasteiger partial charge in [-0.1, -0.05) is 18.2 Å². The van der Waals surface area contributed by atoms with E-state index < -0.39 is 5.38 Å². The lowest BCUT2D eigenvalue weighted by atomic mass is 10.0. The predicted molar refractivity (Wildman–Crippen MR) is 87.0 cm³/mol. The maximum atomic E-state index is 12.3. The third kappa shape index (κ3) is 3.30. The molecule has 1 unspecified atom stereocenters. The molecule has 1 amide bonds. The number of hydrogen-bond acceptors (Lipinski definition) is 2. The Morgan fingerprint density at radius 3 is 2.38 bits per heavy atom. The van der Waals surface area contributed by atoms with Gasteiger partial charge in [-0.05, 0) is 48.4 Å². The van der Waals surface area contributed by atoms with E-state index in [1.165, 1.54) is 0 Å². The average Bonchev–Trinajstić information content (AvgIpc) is 2.54. The van der Waals surface area contributed by atoms with Crippen LogP contribution in [0.5, 0.6) is 5.75 Å². The number of rotatable bonds is 5. The molecule has 0 spiro atoms. The second kappa shape index (κ2) is 6.81. The number of nitrogens with zero attached hydrogens (tertiary/aromatic N) is 1. The fourth-order valence-electron chi connectivity index (χ4n) is 2.37. The first-order chi connectivity index (χ1) is 10.1. The van der Waals surface area contributed by atoms with Crippen molar-refractivity contribution in [3.8, 4) is 5.75 Å². The Kier molecular flexibility index (Phi) is 5.07. The SMILES string of the molecule is CCN(CC)C(=O)C(Cl)c1ccc2cc(OC)ccc2c1. The molecule has 0 aromatic heterocycles. The molecule has 0 saturated carbocycles. The van der Waals surface area contributed by atoms with Crippen LogP contribution in [0.25, 0.3) is 10.8 Å². The van der Waals surface area contributed by atoms with Gasteiger partial charge in [-0.25, -0.2) is 0 Å². The summed E-state index contributed by atoms with van der Waals surface area (Å²) in [5.41, 5.74) is 0.825. The Balaban J connectivity index is 2.32. The molecule has 3 nitrogen and oxygen atoms in total. The van der Waals surface area contributed by atoms with Gasteiger partial charge in [0.05, 0.1) is 7.11 Å². The Morgan fingerprint density at radius 2 is 1.76 bits per heavy atom. The van der Waals surface area contributed by atoms with Crippen molar-refractivity contribution in [3.05, 3.63) is 42.0 Å². The molecule has 0 aliphatic heterocycles. The van der Waals surface area contributed by atoms with E-state index in [4.69, 9.17) is 16.3 Å². The summed E-state index contributed by atoms with van der Waals surface area (Å²) in [6, 6.07) is 11.7. The van der Waals surface area contributed by atoms with Crippen LogP contribution in [0.15, 0.2) is 36.4 Å². The standard InChI is InChI=1S/C17H20ClNO2/c1-4-19(5-2)17(20)16(18)14-7-6-13-11-15(21-3)9-8-12(13)10-14/h6-11,16H,4-5H2,1-3H3. The van der Waals surface area contributed by atoms with E-state index >= 15 is 0 Å². The lowest BCUT2D eigenvalue weighted by molar-refractivity contribution is -0.130. The van der Waals surface area contributed by atoms with E-state index in [2.05, 4.69) is 0 Å². The van der Waals surface area contributed by atoms with Crippen molar-refractivity contribution in [2.45, 2.75) is 19.2 Å². The average molecular weight is 306 g/mol. The van der Waals surface area contributed by atoms with Crippen molar-refractivity contribution in [2.24, 2.45) is 0 Å². The first-order valence-corrected chi connectivity index (χ1v) is 7.54. The van der Waals surface area contributed by atoms with Crippen molar-refractivity contribution in [3.63, 3.8) is 0 Å². The zero-order chi connectivity index (χ0) is 15.4. The molecule has 2 aromatic rings. The van der Waals surface area contributed by atoms with Gasteiger partial charge in [-0.15, -0.1) is 11.6 Å². The minimum Gasteiger partial charge on any atom is -0.497 e. The van der Waals surface area contributed by atoms with E-state index in [1.54, 1.807) is 12.0 Å². The van der Waals surface area contributed by atoms with E-state index in [-0.39, 0.29) is 5.91 Å². The maximum Gasteiger partial charge on any atom is 0.245 e. The molecule has 0 aliphatic rings. The number of fused-ring (bicyclic) bond motifs is 1. The van der Waals surface area contributed by atoms with Gasteiger partial charge in [0, 0.05) is 13.1 Å². The Bertz CT molecular complexity index is 638. The van der Waals surface area contributed by atoms with Gasteiger partial charge >= 0.3 is 0 Å². The van der Waals surface area contributed by atoms with Crippen LogP contribution in [0.1, 0.15) is 24.8 Å². The topological polar surface area (TPSA) is 29.5 Å². The number of likely N-dealkylation sites (N-methyl/N-ethyl adjacent to an activating group) is 1. The van der Waals surface area contributed by atoms with Crippen LogP contribution in [0.3, 0.4) is 0 Å². The molecule has 0 radical (unpaired) electrons. The summed E-state index contributed by atoms with van der Waals surface area (Å²) in [6.45, 7) is 5.25. The number of carbonyl (C=O) groups excluding carboxylic acids is 1. The summed E-state index contributed by atoms with van der Waals surface area (Å²) < 4.78 is 5.21. The molecular formula is C17H20ClNO2. The van der Waals surface area contributed by atoms with Crippen LogP contribution in [-0.4, -0.2) is 31.0 Å². The van der Waals surface area contributed by atoms with Gasteiger partial charge in [0.2, 0.25) is 5.91 Å². The Labute approximate surface area is 130 Å². The fourth-order valence-corrected chi connectivity index (χ4v) is 2.64. The number of benzene rings is 2. The van der Waals surface area contributed by atoms with E-state index in [0.717, 1.165) is 22.1 Å². The molecule has 0 heterocycles. The van der Waals surface area contributed by atoms with Crippen molar-refractivity contribution in [1.82, 2.24) is 4.90 Å². The number of halogens is 1. The van der Waals surface area contributed by atoms with Gasteiger partial charge in [-0.2, -0.15) is 0 Å². The third-order valence-electron chi connectivity index (χ3n) is 3.66. The first kappa shape index (κ1) is 15.6. The predicted octanol–water partition coefficient (Wildman–Crippen LogP) is 4.00. The zero-order valence-electron chi connectivity index (χ0n) is 12.6. The molecule has 0 N–H and O–H groups in total. The smallest absolute Gasteiger partial charge is 0.245 e. The van der Waals surface area contributed by atoms with Gasteiger partial charge in [0.15, 0.2) is 0 Å². The van der Waals surface area contributed by atoms with Crippen molar-refractivity contribution in [1.29, 1.82) is 0 Å². The highest BCUT2D eigenvalue weighted by Gasteiger charge is 2.22. The molecule has 4 heteroatoms. The molecule has 21 heavy (non-hydrogen) atoms. The maximum absolute atomic E-state index is 12.3. The molecule has 0 fully saturated rings. The highest BCUT2D eigenvalue weighted by Crippen LogP contribution is 2.28. The van der Waals surface area contributed by atoms with E-state index in [0.29, 0.717) is 13.1 Å². The lowest BCUT2D eigenvalue weighted by Gasteiger charge is -2.22. The number of carbonyl (C=O) groups is 1. The number of ether oxygens (including phenoxy) is 1. The summed E-state index contributed by atoms with van der Waals surface area (Å²) in [4.78, 5) is 14.1. The molecule has 0 bridgehead atoms. The summed E-state index contributed by atoms with van der Waals surface area (Å²) >= 11 is 6.35. The number of hydrogen-bond donors (Lipinski definition) is 0. The van der Waals surface area contributed by atoms with Crippen LogP contribution >= 0.6 is 11.6 Å². The van der Waals surface area contributed by atoms with Gasteiger partial charge < -0.3 is 9.64 Å². The van der Waals surface area contributed by atoms with Crippen LogP contribution in [-0.2, 0) is 4.79 Å². The van der Waals surface area contributed by atoms with Gasteiger partial charge in [0.25, 0.3) is 0 Å². The molecule has 1 atom stereocenters. The monoisotopic (exact) mass is 305 g/mol. The number of amides is 1. The quantitative estimate of drug-likeness (QED) is 0.782. The Hall–Kier alpha value is -1.74. The largest absolute Gasteiger partial charge is 0.497 e. The molecule has 0 saturated heterocycles. The highest BCUT2D eigenvalue weighted by atomic mass is 35.5. The van der Waals surface area contributed by atoms with Crippen LogP contribution in [0.2, 0.25) is 0 Å². The second-order valence-corrected chi connectivity index (χ2v) is 5.28. The fraction of sp³-hybridized carbons (Fsp3) is 0.353. The molecule has 112 valence electrons. The van der Waals surface area contributed by atoms with Crippen molar-refractivity contribution in [2.75, 3.05) is 20.2 Å². The van der Waals surface area contributed by atoms with Crippen LogP contribution in [0, 0.1) is 0 Å². The van der Waals surface area contributed by atoms with Crippen LogP contribution in [0.4, 0.5) is 0 Å². The molecule has 0 aliphatic carbocycles. The third-order valence-corrected chi connectivity index (χ3v) is 4.09. The Morgan fingerprint density at radius 1 is 1.14 bits per heavy atom. The summed E-state index contributed by atoms with van der Waals surface area (Å²) in [7, 11) is 1.65. The minimum atomic E-state index is -0.642. The second-order valence-electron chi connectivity index (χ2n) is 4.85. The molecular weight excluding hydrogens is 286 g/mol. The summed E-state index contributed by atoms with van der Waals surface area (Å²) in [5, 5.41) is 1.47. The zero-order valence-corrected chi connectivity index (χ0v) is 13.4. The summed E-state index contributed by atoms with van der Waals surface area (Å²) in [6.07, 6.45) is 0. The van der Waals surface area contributed by atoms with E-state index in [1.807, 2.05) is 50.2 Å². The summed E-state index contributed by atoms with van der Waals surface area (Å²) in [5.74, 6) is 0.770. The van der Waals surface area contributed by atoms with Gasteiger partial charge in [0.1, 0.15) is 11.1 Å². The van der Waals surface area contributed by atoms with Crippen molar-refractivity contribution >= 4 is 28.3 Å². The highest BCUT2D eigenvalue weighted by molar-refractivity contribution is 6.30. The van der Waals surface area contributed by atoms with Crippen LogP contribution < -0.4 is 4.74 Å². The number of alkyl halides is 1. The van der Waals surface area contributed by atoms with Gasteiger partial charge in [-0.3, -0.25) is 4.79 Å².